The maximum absolute atomic E-state index is 12.8. The molecule has 2 atom stereocenters. The molecule has 1 rings (SSSR count). The minimum Gasteiger partial charge on any atom is -0.336 e. The van der Waals surface area contributed by atoms with E-state index >= 15 is 0 Å². The van der Waals surface area contributed by atoms with Crippen molar-refractivity contribution in [2.24, 2.45) is 17.8 Å². The fourth-order valence-corrected chi connectivity index (χ4v) is 3.28. The second-order valence-corrected chi connectivity index (χ2v) is 7.05. The van der Waals surface area contributed by atoms with Crippen LogP contribution in [0, 0.1) is 17.8 Å². The largest absolute Gasteiger partial charge is 0.336 e. The summed E-state index contributed by atoms with van der Waals surface area (Å²) < 4.78 is 0. The Kier molecular flexibility index (Phi) is 7.01. The molecule has 118 valence electrons. The first-order valence-corrected chi connectivity index (χ1v) is 8.44. The summed E-state index contributed by atoms with van der Waals surface area (Å²) in [6.07, 6.45) is 3.06. The van der Waals surface area contributed by atoms with Gasteiger partial charge in [0.1, 0.15) is 0 Å². The lowest BCUT2D eigenvalue weighted by Gasteiger charge is -2.44. The summed E-state index contributed by atoms with van der Waals surface area (Å²) in [5, 5.41) is 3.65. The molecule has 20 heavy (non-hydrogen) atoms. The van der Waals surface area contributed by atoms with Gasteiger partial charge in [0.25, 0.3) is 0 Å². The van der Waals surface area contributed by atoms with E-state index in [1.54, 1.807) is 0 Å². The number of hydrogen-bond donors (Lipinski definition) is 1. The average molecular weight is 282 g/mol. The lowest BCUT2D eigenvalue weighted by Crippen LogP contribution is -2.61. The highest BCUT2D eigenvalue weighted by molar-refractivity contribution is 5.79. The molecule has 1 aliphatic heterocycles. The molecule has 1 aliphatic rings. The molecule has 1 N–H and O–H groups in total. The van der Waals surface area contributed by atoms with Crippen molar-refractivity contribution >= 4 is 5.91 Å². The van der Waals surface area contributed by atoms with Gasteiger partial charge in [-0.3, -0.25) is 4.79 Å². The van der Waals surface area contributed by atoms with Gasteiger partial charge in [0.05, 0.1) is 0 Å². The van der Waals surface area contributed by atoms with Gasteiger partial charge in [0, 0.05) is 31.1 Å². The lowest BCUT2D eigenvalue weighted by atomic mass is 9.92. The number of carbonyl (C=O) groups excluding carboxylic acids is 1. The smallest absolute Gasteiger partial charge is 0.226 e. The van der Waals surface area contributed by atoms with Gasteiger partial charge in [0.15, 0.2) is 0 Å². The summed E-state index contributed by atoms with van der Waals surface area (Å²) >= 11 is 0. The number of rotatable bonds is 6. The molecule has 0 bridgehead atoms. The summed E-state index contributed by atoms with van der Waals surface area (Å²) in [7, 11) is 0. The molecule has 1 saturated heterocycles. The molecule has 0 aromatic heterocycles. The summed E-state index contributed by atoms with van der Waals surface area (Å²) in [6, 6.07) is 0.815. The van der Waals surface area contributed by atoms with E-state index < -0.39 is 0 Å². The van der Waals surface area contributed by atoms with Crippen LogP contribution in [-0.4, -0.2) is 36.0 Å². The normalized spacial score (nSPS) is 23.9. The van der Waals surface area contributed by atoms with Crippen LogP contribution in [0.25, 0.3) is 0 Å². The summed E-state index contributed by atoms with van der Waals surface area (Å²) in [5.41, 5.74) is 0. The maximum atomic E-state index is 12.8. The van der Waals surface area contributed by atoms with E-state index in [1.807, 2.05) is 0 Å². The van der Waals surface area contributed by atoms with Gasteiger partial charge >= 0.3 is 0 Å². The van der Waals surface area contributed by atoms with Crippen molar-refractivity contribution < 1.29 is 4.79 Å². The van der Waals surface area contributed by atoms with E-state index in [0.29, 0.717) is 29.8 Å². The molecular weight excluding hydrogens is 248 g/mol. The SMILES string of the molecule is CCC(CC)C(=O)N1CC(CC(C)C)NCC1C(C)C. The van der Waals surface area contributed by atoms with Crippen molar-refractivity contribution in [2.75, 3.05) is 13.1 Å². The zero-order chi connectivity index (χ0) is 15.3. The van der Waals surface area contributed by atoms with Crippen molar-refractivity contribution in [3.63, 3.8) is 0 Å². The Morgan fingerprint density at radius 3 is 2.25 bits per heavy atom. The van der Waals surface area contributed by atoms with Gasteiger partial charge in [-0.2, -0.15) is 0 Å². The second-order valence-electron chi connectivity index (χ2n) is 7.05. The molecule has 0 radical (unpaired) electrons. The van der Waals surface area contributed by atoms with E-state index in [9.17, 15) is 4.79 Å². The van der Waals surface area contributed by atoms with Gasteiger partial charge in [-0.25, -0.2) is 0 Å². The van der Waals surface area contributed by atoms with Crippen LogP contribution in [0.2, 0.25) is 0 Å². The lowest BCUT2D eigenvalue weighted by molar-refractivity contribution is -0.141. The zero-order valence-electron chi connectivity index (χ0n) is 14.3. The molecule has 0 aromatic carbocycles. The summed E-state index contributed by atoms with van der Waals surface area (Å²) in [6.45, 7) is 15.0. The highest BCUT2D eigenvalue weighted by atomic mass is 16.2. The molecule has 0 aromatic rings. The van der Waals surface area contributed by atoms with Crippen LogP contribution in [0.15, 0.2) is 0 Å². The Bertz CT molecular complexity index is 297. The van der Waals surface area contributed by atoms with Crippen LogP contribution >= 0.6 is 0 Å². The summed E-state index contributed by atoms with van der Waals surface area (Å²) in [5.74, 6) is 1.77. The number of carbonyl (C=O) groups is 1. The molecule has 1 heterocycles. The Balaban J connectivity index is 2.80. The zero-order valence-corrected chi connectivity index (χ0v) is 14.3. The van der Waals surface area contributed by atoms with Gasteiger partial charge < -0.3 is 10.2 Å². The van der Waals surface area contributed by atoms with Crippen molar-refractivity contribution in [2.45, 2.75) is 72.9 Å². The molecule has 3 heteroatoms. The van der Waals surface area contributed by atoms with Crippen LogP contribution in [0.3, 0.4) is 0 Å². The molecule has 0 spiro atoms. The molecule has 1 fully saturated rings. The van der Waals surface area contributed by atoms with E-state index in [0.717, 1.165) is 32.4 Å². The van der Waals surface area contributed by atoms with E-state index in [-0.39, 0.29) is 5.92 Å². The van der Waals surface area contributed by atoms with Crippen molar-refractivity contribution in [3.8, 4) is 0 Å². The Morgan fingerprint density at radius 2 is 1.80 bits per heavy atom. The van der Waals surface area contributed by atoms with Crippen LogP contribution in [-0.2, 0) is 4.79 Å². The Labute approximate surface area is 125 Å². The van der Waals surface area contributed by atoms with Crippen LogP contribution in [0.1, 0.15) is 60.8 Å². The topological polar surface area (TPSA) is 32.3 Å². The first-order chi connectivity index (χ1) is 9.40. The predicted octanol–water partition coefficient (Wildman–Crippen LogP) is 3.29. The Hall–Kier alpha value is -0.570. The fourth-order valence-electron chi connectivity index (χ4n) is 3.28. The van der Waals surface area contributed by atoms with Crippen LogP contribution in [0.4, 0.5) is 0 Å². The minimum atomic E-state index is 0.203. The first kappa shape index (κ1) is 17.5. The van der Waals surface area contributed by atoms with Crippen molar-refractivity contribution in [1.29, 1.82) is 0 Å². The second kappa shape index (κ2) is 8.02. The summed E-state index contributed by atoms with van der Waals surface area (Å²) in [4.78, 5) is 15.0. The molecular formula is C17H34N2O. The van der Waals surface area contributed by atoms with Gasteiger partial charge in [-0.15, -0.1) is 0 Å². The van der Waals surface area contributed by atoms with Crippen LogP contribution in [0.5, 0.6) is 0 Å². The number of nitrogens with one attached hydrogen (secondary N) is 1. The average Bonchev–Trinajstić information content (AvgIpc) is 2.38. The number of nitrogens with zero attached hydrogens (tertiary/aromatic N) is 1. The highest BCUT2D eigenvalue weighted by Crippen LogP contribution is 2.22. The Morgan fingerprint density at radius 1 is 1.20 bits per heavy atom. The third-order valence-corrected chi connectivity index (χ3v) is 4.58. The van der Waals surface area contributed by atoms with E-state index in [2.05, 4.69) is 51.8 Å². The van der Waals surface area contributed by atoms with Crippen LogP contribution < -0.4 is 5.32 Å². The highest BCUT2D eigenvalue weighted by Gasteiger charge is 2.35. The van der Waals surface area contributed by atoms with Gasteiger partial charge in [0.2, 0.25) is 5.91 Å². The maximum Gasteiger partial charge on any atom is 0.226 e. The molecule has 0 aliphatic carbocycles. The monoisotopic (exact) mass is 282 g/mol. The number of piperazine rings is 1. The predicted molar refractivity (Wildman–Crippen MR) is 85.7 cm³/mol. The third kappa shape index (κ3) is 4.47. The fraction of sp³-hybridized carbons (Fsp3) is 0.941. The van der Waals surface area contributed by atoms with E-state index in [4.69, 9.17) is 0 Å². The van der Waals surface area contributed by atoms with Crippen molar-refractivity contribution in [1.82, 2.24) is 10.2 Å². The molecule has 2 unspecified atom stereocenters. The molecule has 3 nitrogen and oxygen atoms in total. The quantitative estimate of drug-likeness (QED) is 0.811. The number of hydrogen-bond acceptors (Lipinski definition) is 2. The van der Waals surface area contributed by atoms with Gasteiger partial charge in [-0.05, 0) is 31.1 Å². The van der Waals surface area contributed by atoms with Crippen molar-refractivity contribution in [3.05, 3.63) is 0 Å². The van der Waals surface area contributed by atoms with E-state index in [1.165, 1.54) is 0 Å². The molecule has 0 saturated carbocycles. The first-order valence-electron chi connectivity index (χ1n) is 8.44. The van der Waals surface area contributed by atoms with Gasteiger partial charge in [-0.1, -0.05) is 41.5 Å². The molecule has 1 amide bonds. The standard InChI is InChI=1S/C17H34N2O/c1-7-14(8-2)17(20)19-11-15(9-12(3)4)18-10-16(19)13(5)6/h12-16,18H,7-11H2,1-6H3. The third-order valence-electron chi connectivity index (χ3n) is 4.58. The minimum absolute atomic E-state index is 0.203. The number of amides is 1.